The highest BCUT2D eigenvalue weighted by Crippen LogP contribution is 2.16. The number of guanidine groups is 1. The molecule has 1 aromatic carbocycles. The van der Waals surface area contributed by atoms with Crippen LogP contribution in [0.3, 0.4) is 0 Å². The summed E-state index contributed by atoms with van der Waals surface area (Å²) in [5.74, 6) is 1.43. The number of nitrogens with zero attached hydrogens (tertiary/aromatic N) is 3. The summed E-state index contributed by atoms with van der Waals surface area (Å²) in [6, 6.07) is 15.3. The van der Waals surface area contributed by atoms with Crippen LogP contribution in [0.1, 0.15) is 18.1 Å². The number of nitrogens with one attached hydrogen (secondary N) is 1. The third kappa shape index (κ3) is 5.57. The molecule has 2 aromatic rings. The second-order valence-corrected chi connectivity index (χ2v) is 6.00. The lowest BCUT2D eigenvalue weighted by atomic mass is 10.1. The summed E-state index contributed by atoms with van der Waals surface area (Å²) in [6.07, 6.45) is 2.17. The van der Waals surface area contributed by atoms with Gasteiger partial charge in [0.1, 0.15) is 6.10 Å². The van der Waals surface area contributed by atoms with Crippen LogP contribution in [0.5, 0.6) is 5.88 Å². The number of hydrogen-bond acceptors (Lipinski definition) is 4. The highest BCUT2D eigenvalue weighted by Gasteiger charge is 2.26. The number of benzene rings is 1. The van der Waals surface area contributed by atoms with Crippen LogP contribution in [0.25, 0.3) is 0 Å². The van der Waals surface area contributed by atoms with Gasteiger partial charge in [-0.2, -0.15) is 0 Å². The number of hydrogen-bond donors (Lipinski definition) is 2. The maximum absolute atomic E-state index is 10.3. The standard InChI is InChI=1S/C19H24N4O2.HI/c1-20-19(22-13-17(24)15-7-3-2-4-8-15)23-12-10-16(14-23)25-18-9-5-6-11-21-18;/h2-9,11,16-17,24H,10,12-14H2,1H3,(H,20,22);1H. The normalized spacial score (nSPS) is 18.2. The quantitative estimate of drug-likeness (QED) is 0.401. The van der Waals surface area contributed by atoms with Gasteiger partial charge in [-0.3, -0.25) is 4.99 Å². The Bertz CT molecular complexity index is 684. The maximum atomic E-state index is 10.3. The van der Waals surface area contributed by atoms with E-state index in [0.29, 0.717) is 12.4 Å². The molecule has 0 bridgehead atoms. The zero-order chi connectivity index (χ0) is 17.5. The van der Waals surface area contributed by atoms with Crippen LogP contribution in [0, 0.1) is 0 Å². The molecule has 6 nitrogen and oxygen atoms in total. The minimum atomic E-state index is -0.568. The number of aliphatic imine (C=N–C) groups is 1. The molecule has 0 spiro atoms. The van der Waals surface area contributed by atoms with E-state index < -0.39 is 6.10 Å². The number of likely N-dealkylation sites (tertiary alicyclic amines) is 1. The minimum absolute atomic E-state index is 0. The van der Waals surface area contributed by atoms with E-state index in [1.807, 2.05) is 48.5 Å². The van der Waals surface area contributed by atoms with Crippen LogP contribution in [-0.4, -0.2) is 53.7 Å². The summed E-state index contributed by atoms with van der Waals surface area (Å²) < 4.78 is 5.91. The van der Waals surface area contributed by atoms with Gasteiger partial charge >= 0.3 is 0 Å². The molecule has 1 aliphatic rings. The Morgan fingerprint density at radius 1 is 1.31 bits per heavy atom. The van der Waals surface area contributed by atoms with Gasteiger partial charge in [-0.15, -0.1) is 24.0 Å². The van der Waals surface area contributed by atoms with Crippen molar-refractivity contribution in [3.05, 3.63) is 60.3 Å². The van der Waals surface area contributed by atoms with Crippen LogP contribution in [0.15, 0.2) is 59.7 Å². The number of aliphatic hydroxyl groups excluding tert-OH is 1. The predicted molar refractivity (Wildman–Crippen MR) is 113 cm³/mol. The van der Waals surface area contributed by atoms with E-state index in [1.54, 1.807) is 13.2 Å². The van der Waals surface area contributed by atoms with E-state index in [2.05, 4.69) is 20.2 Å². The van der Waals surface area contributed by atoms with E-state index in [-0.39, 0.29) is 30.1 Å². The van der Waals surface area contributed by atoms with Crippen molar-refractivity contribution < 1.29 is 9.84 Å². The second-order valence-electron chi connectivity index (χ2n) is 6.00. The van der Waals surface area contributed by atoms with Gasteiger partial charge in [-0.1, -0.05) is 36.4 Å². The Labute approximate surface area is 171 Å². The molecule has 2 unspecified atom stereocenters. The first kappa shape index (κ1) is 20.4. The third-order valence-electron chi connectivity index (χ3n) is 4.22. The molecular weight excluding hydrogens is 443 g/mol. The Kier molecular flexibility index (Phi) is 8.11. The minimum Gasteiger partial charge on any atom is -0.472 e. The van der Waals surface area contributed by atoms with Crippen molar-refractivity contribution >= 4 is 29.9 Å². The topological polar surface area (TPSA) is 70.0 Å². The maximum Gasteiger partial charge on any atom is 0.213 e. The van der Waals surface area contributed by atoms with E-state index in [9.17, 15) is 5.11 Å². The molecule has 2 N–H and O–H groups in total. The fraction of sp³-hybridized carbons (Fsp3) is 0.368. The number of rotatable bonds is 5. The summed E-state index contributed by atoms with van der Waals surface area (Å²) in [6.45, 7) is 2.02. The van der Waals surface area contributed by atoms with Crippen molar-refractivity contribution in [3.63, 3.8) is 0 Å². The first-order valence-corrected chi connectivity index (χ1v) is 8.52. The molecule has 0 saturated carbocycles. The van der Waals surface area contributed by atoms with E-state index in [4.69, 9.17) is 4.74 Å². The fourth-order valence-electron chi connectivity index (χ4n) is 2.92. The number of ether oxygens (including phenoxy) is 1. The van der Waals surface area contributed by atoms with Gasteiger partial charge in [-0.05, 0) is 11.6 Å². The molecular formula is C19H25IN4O2. The average molecular weight is 468 g/mol. The molecule has 1 saturated heterocycles. The lowest BCUT2D eigenvalue weighted by Crippen LogP contribution is -2.42. The van der Waals surface area contributed by atoms with Gasteiger partial charge in [0.25, 0.3) is 0 Å². The summed E-state index contributed by atoms with van der Waals surface area (Å²) in [7, 11) is 1.75. The molecule has 26 heavy (non-hydrogen) atoms. The van der Waals surface area contributed by atoms with Crippen molar-refractivity contribution in [2.45, 2.75) is 18.6 Å². The third-order valence-corrected chi connectivity index (χ3v) is 4.22. The van der Waals surface area contributed by atoms with Crippen molar-refractivity contribution in [1.82, 2.24) is 15.2 Å². The molecule has 1 aliphatic heterocycles. The molecule has 1 fully saturated rings. The Hall–Kier alpha value is -1.87. The zero-order valence-electron chi connectivity index (χ0n) is 14.8. The molecule has 2 atom stereocenters. The summed E-state index contributed by atoms with van der Waals surface area (Å²) in [4.78, 5) is 10.7. The molecule has 7 heteroatoms. The van der Waals surface area contributed by atoms with E-state index in [0.717, 1.165) is 31.0 Å². The molecule has 3 rings (SSSR count). The number of halogens is 1. The van der Waals surface area contributed by atoms with Crippen LogP contribution < -0.4 is 10.1 Å². The lowest BCUT2D eigenvalue weighted by molar-refractivity contribution is 0.179. The Morgan fingerprint density at radius 2 is 2.08 bits per heavy atom. The van der Waals surface area contributed by atoms with Crippen molar-refractivity contribution in [2.24, 2.45) is 4.99 Å². The van der Waals surface area contributed by atoms with Crippen LogP contribution >= 0.6 is 24.0 Å². The number of pyridine rings is 1. The largest absolute Gasteiger partial charge is 0.472 e. The van der Waals surface area contributed by atoms with Gasteiger partial charge in [0.2, 0.25) is 5.88 Å². The molecule has 2 heterocycles. The first-order chi connectivity index (χ1) is 12.3. The SMILES string of the molecule is CN=C(NCC(O)c1ccccc1)N1CCC(Oc2ccccn2)C1.I. The van der Waals surface area contributed by atoms with Gasteiger partial charge in [0, 0.05) is 38.8 Å². The molecule has 1 aromatic heterocycles. The predicted octanol–water partition coefficient (Wildman–Crippen LogP) is 2.46. The van der Waals surface area contributed by atoms with Crippen molar-refractivity contribution in [3.8, 4) is 5.88 Å². The van der Waals surface area contributed by atoms with Crippen molar-refractivity contribution in [1.29, 1.82) is 0 Å². The van der Waals surface area contributed by atoms with E-state index in [1.165, 1.54) is 0 Å². The fourth-order valence-corrected chi connectivity index (χ4v) is 2.92. The summed E-state index contributed by atoms with van der Waals surface area (Å²) in [5, 5.41) is 13.5. The molecule has 0 aliphatic carbocycles. The second kappa shape index (κ2) is 10.3. The van der Waals surface area contributed by atoms with Gasteiger partial charge < -0.3 is 20.1 Å². The molecule has 0 amide bonds. The molecule has 140 valence electrons. The average Bonchev–Trinajstić information content (AvgIpc) is 3.12. The highest BCUT2D eigenvalue weighted by molar-refractivity contribution is 14.0. The van der Waals surface area contributed by atoms with E-state index >= 15 is 0 Å². The molecule has 0 radical (unpaired) electrons. The van der Waals surface area contributed by atoms with Gasteiger partial charge in [0.05, 0.1) is 12.6 Å². The Balaban J connectivity index is 0.00000243. The van der Waals surface area contributed by atoms with Crippen LogP contribution in [0.4, 0.5) is 0 Å². The van der Waals surface area contributed by atoms with Gasteiger partial charge in [-0.25, -0.2) is 4.98 Å². The van der Waals surface area contributed by atoms with Crippen molar-refractivity contribution in [2.75, 3.05) is 26.7 Å². The number of aliphatic hydroxyl groups is 1. The lowest BCUT2D eigenvalue weighted by Gasteiger charge is -2.23. The first-order valence-electron chi connectivity index (χ1n) is 8.52. The summed E-state index contributed by atoms with van der Waals surface area (Å²) >= 11 is 0. The summed E-state index contributed by atoms with van der Waals surface area (Å²) in [5.41, 5.74) is 0.892. The van der Waals surface area contributed by atoms with Crippen LogP contribution in [0.2, 0.25) is 0 Å². The number of aromatic nitrogens is 1. The monoisotopic (exact) mass is 468 g/mol. The Morgan fingerprint density at radius 3 is 2.77 bits per heavy atom. The van der Waals surface area contributed by atoms with Crippen LogP contribution in [-0.2, 0) is 0 Å². The smallest absolute Gasteiger partial charge is 0.213 e. The van der Waals surface area contributed by atoms with Gasteiger partial charge in [0.15, 0.2) is 5.96 Å². The zero-order valence-corrected chi connectivity index (χ0v) is 17.1. The highest BCUT2D eigenvalue weighted by atomic mass is 127.